The monoisotopic (exact) mass is 293 g/mol. The number of rotatable bonds is 5. The number of hydrogen-bond acceptors (Lipinski definition) is 4. The average Bonchev–Trinajstić information content (AvgIpc) is 2.45. The van der Waals surface area contributed by atoms with Crippen LogP contribution in [0.25, 0.3) is 10.9 Å². The zero-order valence-corrected chi connectivity index (χ0v) is 12.4. The fourth-order valence-corrected chi connectivity index (χ4v) is 3.51. The van der Waals surface area contributed by atoms with Gasteiger partial charge in [0, 0.05) is 17.6 Å². The zero-order chi connectivity index (χ0) is 14.8. The maximum Gasteiger partial charge on any atom is 0.241 e. The van der Waals surface area contributed by atoms with E-state index in [-0.39, 0.29) is 16.9 Å². The van der Waals surface area contributed by atoms with Crippen LogP contribution in [0.2, 0.25) is 0 Å². The van der Waals surface area contributed by atoms with E-state index >= 15 is 0 Å². The van der Waals surface area contributed by atoms with E-state index in [2.05, 4.69) is 9.71 Å². The third-order valence-corrected chi connectivity index (χ3v) is 5.08. The first-order chi connectivity index (χ1) is 9.45. The van der Waals surface area contributed by atoms with Crippen LogP contribution in [0.5, 0.6) is 0 Å². The molecule has 108 valence electrons. The summed E-state index contributed by atoms with van der Waals surface area (Å²) in [5, 5.41) is 0.620. The lowest BCUT2D eigenvalue weighted by Crippen LogP contribution is -2.39. The Labute approximate surface area is 119 Å². The molecule has 0 radical (unpaired) electrons. The molecule has 1 aromatic heterocycles. The van der Waals surface area contributed by atoms with E-state index in [1.54, 1.807) is 36.5 Å². The van der Waals surface area contributed by atoms with Gasteiger partial charge in [-0.25, -0.2) is 13.1 Å². The second-order valence-electron chi connectivity index (χ2n) is 4.95. The molecule has 0 aliphatic rings. The molecule has 20 heavy (non-hydrogen) atoms. The fourth-order valence-electron chi connectivity index (χ4n) is 1.94. The van der Waals surface area contributed by atoms with Gasteiger partial charge in [0.05, 0.1) is 10.4 Å². The van der Waals surface area contributed by atoms with Gasteiger partial charge in [-0.2, -0.15) is 0 Å². The smallest absolute Gasteiger partial charge is 0.241 e. The highest BCUT2D eigenvalue weighted by Gasteiger charge is 2.22. The van der Waals surface area contributed by atoms with Gasteiger partial charge in [-0.1, -0.05) is 13.0 Å². The molecule has 0 saturated heterocycles. The molecule has 3 N–H and O–H groups in total. The number of pyridine rings is 1. The Morgan fingerprint density at radius 1 is 1.25 bits per heavy atom. The van der Waals surface area contributed by atoms with Gasteiger partial charge in [0.25, 0.3) is 0 Å². The van der Waals surface area contributed by atoms with Crippen molar-refractivity contribution < 1.29 is 8.42 Å². The van der Waals surface area contributed by atoms with E-state index in [9.17, 15) is 8.42 Å². The van der Waals surface area contributed by atoms with Crippen molar-refractivity contribution in [3.63, 3.8) is 0 Å². The van der Waals surface area contributed by atoms with Crippen molar-refractivity contribution in [3.8, 4) is 0 Å². The van der Waals surface area contributed by atoms with Crippen LogP contribution in [0.4, 0.5) is 0 Å². The van der Waals surface area contributed by atoms with Gasteiger partial charge in [-0.15, -0.1) is 0 Å². The molecular formula is C14H19N3O2S. The summed E-state index contributed by atoms with van der Waals surface area (Å²) < 4.78 is 27.7. The SMILES string of the molecule is CC(CN)C(C)NS(=O)(=O)c1cccc2ncccc12. The highest BCUT2D eigenvalue weighted by atomic mass is 32.2. The van der Waals surface area contributed by atoms with Gasteiger partial charge >= 0.3 is 0 Å². The van der Waals surface area contributed by atoms with Crippen molar-refractivity contribution >= 4 is 20.9 Å². The number of nitrogens with two attached hydrogens (primary N) is 1. The molecule has 2 rings (SSSR count). The van der Waals surface area contributed by atoms with Crippen LogP contribution >= 0.6 is 0 Å². The van der Waals surface area contributed by atoms with E-state index < -0.39 is 10.0 Å². The van der Waals surface area contributed by atoms with Crippen molar-refractivity contribution in [1.29, 1.82) is 0 Å². The van der Waals surface area contributed by atoms with E-state index in [0.29, 0.717) is 17.4 Å². The summed E-state index contributed by atoms with van der Waals surface area (Å²) in [7, 11) is -3.59. The molecule has 2 atom stereocenters. The normalized spacial score (nSPS) is 15.2. The Morgan fingerprint density at radius 2 is 2.00 bits per heavy atom. The summed E-state index contributed by atoms with van der Waals surface area (Å²) in [6.45, 7) is 4.16. The number of nitrogens with one attached hydrogen (secondary N) is 1. The van der Waals surface area contributed by atoms with Crippen LogP contribution in [0.15, 0.2) is 41.4 Å². The summed E-state index contributed by atoms with van der Waals surface area (Å²) >= 11 is 0. The predicted octanol–water partition coefficient (Wildman–Crippen LogP) is 1.50. The molecule has 6 heteroatoms. The first-order valence-corrected chi connectivity index (χ1v) is 8.00. The van der Waals surface area contributed by atoms with Gasteiger partial charge in [-0.3, -0.25) is 4.98 Å². The minimum absolute atomic E-state index is 0.0675. The molecule has 0 aliphatic carbocycles. The summed E-state index contributed by atoms with van der Waals surface area (Å²) in [6.07, 6.45) is 1.64. The van der Waals surface area contributed by atoms with Crippen molar-refractivity contribution in [1.82, 2.24) is 9.71 Å². The van der Waals surface area contributed by atoms with Crippen LogP contribution < -0.4 is 10.5 Å². The Hall–Kier alpha value is -1.50. The van der Waals surface area contributed by atoms with Gasteiger partial charge < -0.3 is 5.73 Å². The third kappa shape index (κ3) is 2.98. The number of aromatic nitrogens is 1. The van der Waals surface area contributed by atoms with Crippen LogP contribution in [0.1, 0.15) is 13.8 Å². The van der Waals surface area contributed by atoms with Crippen molar-refractivity contribution in [2.45, 2.75) is 24.8 Å². The molecule has 0 amide bonds. The second kappa shape index (κ2) is 5.87. The van der Waals surface area contributed by atoms with Crippen LogP contribution in [-0.2, 0) is 10.0 Å². The molecule has 0 bridgehead atoms. The van der Waals surface area contributed by atoms with Crippen molar-refractivity contribution in [2.24, 2.45) is 11.7 Å². The molecule has 2 unspecified atom stereocenters. The molecule has 0 saturated carbocycles. The molecule has 2 aromatic rings. The summed E-state index contributed by atoms with van der Waals surface area (Å²) in [5.74, 6) is 0.0675. The quantitative estimate of drug-likeness (QED) is 0.874. The van der Waals surface area contributed by atoms with Gasteiger partial charge in [-0.05, 0) is 43.7 Å². The number of fused-ring (bicyclic) bond motifs is 1. The summed E-state index contributed by atoms with van der Waals surface area (Å²) in [6, 6.07) is 8.34. The lowest BCUT2D eigenvalue weighted by atomic mass is 10.1. The Morgan fingerprint density at radius 3 is 2.70 bits per heavy atom. The molecular weight excluding hydrogens is 274 g/mol. The van der Waals surface area contributed by atoms with Crippen LogP contribution in [0, 0.1) is 5.92 Å². The molecule has 0 aliphatic heterocycles. The lowest BCUT2D eigenvalue weighted by Gasteiger charge is -2.20. The average molecular weight is 293 g/mol. The Balaban J connectivity index is 2.42. The topological polar surface area (TPSA) is 85.1 Å². The molecule has 1 heterocycles. The number of nitrogens with zero attached hydrogens (tertiary/aromatic N) is 1. The highest BCUT2D eigenvalue weighted by molar-refractivity contribution is 7.89. The Bertz CT molecular complexity index is 695. The predicted molar refractivity (Wildman–Crippen MR) is 79.7 cm³/mol. The minimum Gasteiger partial charge on any atom is -0.330 e. The van der Waals surface area contributed by atoms with Crippen LogP contribution in [0.3, 0.4) is 0 Å². The van der Waals surface area contributed by atoms with Gasteiger partial charge in [0.1, 0.15) is 0 Å². The first-order valence-electron chi connectivity index (χ1n) is 6.52. The maximum absolute atomic E-state index is 12.5. The highest BCUT2D eigenvalue weighted by Crippen LogP contribution is 2.21. The summed E-state index contributed by atoms with van der Waals surface area (Å²) in [4.78, 5) is 4.42. The van der Waals surface area contributed by atoms with E-state index in [1.165, 1.54) is 0 Å². The van der Waals surface area contributed by atoms with Crippen molar-refractivity contribution in [3.05, 3.63) is 36.5 Å². The third-order valence-electron chi connectivity index (χ3n) is 3.46. The standard InChI is InChI=1S/C14H19N3O2S/c1-10(9-15)11(2)17-20(18,19)14-7-3-6-13-12(14)5-4-8-16-13/h3-8,10-11,17H,9,15H2,1-2H3. The maximum atomic E-state index is 12.5. The largest absolute Gasteiger partial charge is 0.330 e. The van der Waals surface area contributed by atoms with Gasteiger partial charge in [0.2, 0.25) is 10.0 Å². The minimum atomic E-state index is -3.59. The summed E-state index contributed by atoms with van der Waals surface area (Å²) in [5.41, 5.74) is 6.24. The molecule has 5 nitrogen and oxygen atoms in total. The van der Waals surface area contributed by atoms with Gasteiger partial charge in [0.15, 0.2) is 0 Å². The van der Waals surface area contributed by atoms with E-state index in [1.807, 2.05) is 13.8 Å². The van der Waals surface area contributed by atoms with Crippen LogP contribution in [-0.4, -0.2) is 26.0 Å². The Kier molecular flexibility index (Phi) is 4.37. The molecule has 1 aromatic carbocycles. The molecule has 0 fully saturated rings. The number of benzene rings is 1. The van der Waals surface area contributed by atoms with Crippen molar-refractivity contribution in [2.75, 3.05) is 6.54 Å². The lowest BCUT2D eigenvalue weighted by molar-refractivity contribution is 0.453. The molecule has 0 spiro atoms. The fraction of sp³-hybridized carbons (Fsp3) is 0.357. The zero-order valence-electron chi connectivity index (χ0n) is 11.6. The first kappa shape index (κ1) is 14.9. The van der Waals surface area contributed by atoms with E-state index in [0.717, 1.165) is 0 Å². The number of sulfonamides is 1. The van der Waals surface area contributed by atoms with E-state index in [4.69, 9.17) is 5.73 Å². The second-order valence-corrected chi connectivity index (χ2v) is 6.63. The number of hydrogen-bond donors (Lipinski definition) is 2.